The predicted octanol–water partition coefficient (Wildman–Crippen LogP) is 4.11. The normalized spacial score (nSPS) is 23.7. The van der Waals surface area contributed by atoms with Gasteiger partial charge in [-0.15, -0.1) is 11.3 Å². The van der Waals surface area contributed by atoms with Crippen molar-refractivity contribution in [1.82, 2.24) is 25.0 Å². The number of amidine groups is 1. The van der Waals surface area contributed by atoms with Crippen molar-refractivity contribution < 1.29 is 27.1 Å². The number of nitrogens with one attached hydrogen (secondary N) is 1. The van der Waals surface area contributed by atoms with Gasteiger partial charge in [0.15, 0.2) is 22.5 Å². The summed E-state index contributed by atoms with van der Waals surface area (Å²) in [4.78, 5) is 23.0. The molecule has 1 N–H and O–H groups in total. The zero-order chi connectivity index (χ0) is 24.3. The summed E-state index contributed by atoms with van der Waals surface area (Å²) in [5, 5.41) is 9.25. The van der Waals surface area contributed by atoms with Crippen molar-refractivity contribution in [2.75, 3.05) is 13.2 Å². The third-order valence-corrected chi connectivity index (χ3v) is 6.97. The molecular weight excluding hydrogens is 488 g/mol. The van der Waals surface area contributed by atoms with Crippen molar-refractivity contribution in [2.24, 2.45) is 4.99 Å². The number of ether oxygens (including phenoxy) is 1. The van der Waals surface area contributed by atoms with E-state index in [-0.39, 0.29) is 12.3 Å². The van der Waals surface area contributed by atoms with Gasteiger partial charge >= 0.3 is 12.6 Å². The number of carbonyl (C=O) groups excluding carboxylic acids is 1. The fraction of sp³-hybridized carbons (Fsp3) is 0.273. The average molecular weight is 504 g/mol. The molecule has 3 aromatic rings. The standard InChI is InChI=1S/C22H16F4N6O2S/c23-12-2-1-11(7-13(12)24)17-16(14-3-5-32(30-14)20(25)26)15-8-22(10-34-21(33)29-22)9-31(15)18(28-17)19-27-4-6-35-19/h1-7,17,20H,8-10H2,(H,29,33)/t17-,22+/m1/s1. The lowest BCUT2D eigenvalue weighted by atomic mass is 9.90. The Kier molecular flexibility index (Phi) is 4.91. The van der Waals surface area contributed by atoms with E-state index in [1.807, 2.05) is 4.90 Å². The molecule has 0 unspecified atom stereocenters. The number of aromatic nitrogens is 3. The SMILES string of the molecule is O=C1N[C@@]2(CO1)CC1=C(c3ccn(C(F)F)n3)[C@@H](c3ccc(F)c(F)c3)N=C(c3nccs3)N1C2. The smallest absolute Gasteiger partial charge is 0.407 e. The molecular formula is C22H16F4N6O2S. The van der Waals surface area contributed by atoms with Crippen LogP contribution in [0.1, 0.15) is 35.3 Å². The Morgan fingerprint density at radius 1 is 1.23 bits per heavy atom. The van der Waals surface area contributed by atoms with Crippen LogP contribution in [0, 0.1) is 11.6 Å². The maximum Gasteiger partial charge on any atom is 0.407 e. The first kappa shape index (κ1) is 21.8. The Labute approximate surface area is 199 Å². The lowest BCUT2D eigenvalue weighted by Crippen LogP contribution is -2.46. The first-order valence-electron chi connectivity index (χ1n) is 10.6. The summed E-state index contributed by atoms with van der Waals surface area (Å²) in [7, 11) is 0. The number of alkyl halides is 2. The number of alkyl carbamates (subject to hydrolysis) is 1. The second-order valence-corrected chi connectivity index (χ2v) is 9.32. The van der Waals surface area contributed by atoms with Crippen molar-refractivity contribution in [2.45, 2.75) is 24.6 Å². The molecule has 1 spiro atoms. The number of amides is 1. The molecule has 0 bridgehead atoms. The summed E-state index contributed by atoms with van der Waals surface area (Å²) >= 11 is 1.34. The number of hydrogen-bond acceptors (Lipinski definition) is 7. The average Bonchev–Trinajstić information content (AvgIpc) is 3.62. The molecule has 13 heteroatoms. The van der Waals surface area contributed by atoms with E-state index >= 15 is 0 Å². The lowest BCUT2D eigenvalue weighted by molar-refractivity contribution is 0.0564. The molecule has 180 valence electrons. The fourth-order valence-corrected chi connectivity index (χ4v) is 5.35. The van der Waals surface area contributed by atoms with Crippen LogP contribution in [0.5, 0.6) is 0 Å². The fourth-order valence-electron chi connectivity index (χ4n) is 4.71. The zero-order valence-corrected chi connectivity index (χ0v) is 18.6. The minimum Gasteiger partial charge on any atom is -0.447 e. The second-order valence-electron chi connectivity index (χ2n) is 8.43. The largest absolute Gasteiger partial charge is 0.447 e. The molecule has 5 heterocycles. The van der Waals surface area contributed by atoms with Gasteiger partial charge in [-0.25, -0.2) is 23.2 Å². The monoisotopic (exact) mass is 504 g/mol. The van der Waals surface area contributed by atoms with E-state index in [2.05, 4.69) is 15.4 Å². The number of halogens is 4. The number of hydrogen-bond donors (Lipinski definition) is 1. The maximum atomic E-state index is 14.3. The summed E-state index contributed by atoms with van der Waals surface area (Å²) in [5.74, 6) is -1.60. The number of nitrogens with zero attached hydrogens (tertiary/aromatic N) is 5. The molecule has 1 aromatic carbocycles. The lowest BCUT2D eigenvalue weighted by Gasteiger charge is -2.32. The molecule has 35 heavy (non-hydrogen) atoms. The first-order chi connectivity index (χ1) is 16.8. The Hall–Kier alpha value is -3.74. The van der Waals surface area contributed by atoms with E-state index < -0.39 is 35.9 Å². The van der Waals surface area contributed by atoms with Gasteiger partial charge in [-0.3, -0.25) is 4.99 Å². The van der Waals surface area contributed by atoms with Crippen LogP contribution in [0.4, 0.5) is 22.4 Å². The molecule has 0 saturated carbocycles. The molecule has 2 aromatic heterocycles. The van der Waals surface area contributed by atoms with Crippen molar-refractivity contribution in [3.05, 3.63) is 75.6 Å². The summed E-state index contributed by atoms with van der Waals surface area (Å²) in [6.07, 6.45) is 2.50. The van der Waals surface area contributed by atoms with Gasteiger partial charge in [0.05, 0.1) is 12.2 Å². The van der Waals surface area contributed by atoms with Crippen LogP contribution in [0.3, 0.4) is 0 Å². The number of fused-ring (bicyclic) bond motifs is 1. The summed E-state index contributed by atoms with van der Waals surface area (Å²) < 4.78 is 60.4. The van der Waals surface area contributed by atoms with Crippen molar-refractivity contribution in [1.29, 1.82) is 0 Å². The van der Waals surface area contributed by atoms with Crippen molar-refractivity contribution in [3.8, 4) is 0 Å². The van der Waals surface area contributed by atoms with Gasteiger partial charge in [-0.05, 0) is 23.8 Å². The van der Waals surface area contributed by atoms with E-state index in [0.29, 0.717) is 45.3 Å². The number of cyclic esters (lactones) is 1. The molecule has 1 amide bonds. The number of carbonyl (C=O) groups is 1. The second kappa shape index (κ2) is 7.90. The van der Waals surface area contributed by atoms with Crippen LogP contribution in [-0.2, 0) is 4.74 Å². The molecule has 2 atom stereocenters. The third-order valence-electron chi connectivity index (χ3n) is 6.20. The van der Waals surface area contributed by atoms with Gasteiger partial charge < -0.3 is 15.0 Å². The van der Waals surface area contributed by atoms with E-state index in [9.17, 15) is 22.4 Å². The highest BCUT2D eigenvalue weighted by Gasteiger charge is 2.52. The molecule has 3 aliphatic rings. The van der Waals surface area contributed by atoms with E-state index in [4.69, 9.17) is 9.73 Å². The zero-order valence-electron chi connectivity index (χ0n) is 17.8. The quantitative estimate of drug-likeness (QED) is 0.541. The Morgan fingerprint density at radius 2 is 2.09 bits per heavy atom. The van der Waals surface area contributed by atoms with Crippen LogP contribution >= 0.6 is 11.3 Å². The number of thiazole rings is 1. The molecule has 2 fully saturated rings. The van der Waals surface area contributed by atoms with Crippen LogP contribution in [-0.4, -0.2) is 50.3 Å². The van der Waals surface area contributed by atoms with Gasteiger partial charge in [0.2, 0.25) is 0 Å². The molecule has 3 aliphatic heterocycles. The molecule has 8 nitrogen and oxygen atoms in total. The van der Waals surface area contributed by atoms with Crippen molar-refractivity contribution >= 4 is 28.8 Å². The molecule has 2 saturated heterocycles. The topological polar surface area (TPSA) is 84.6 Å². The van der Waals surface area contributed by atoms with Crippen LogP contribution in [0.2, 0.25) is 0 Å². The first-order valence-corrected chi connectivity index (χ1v) is 11.4. The van der Waals surface area contributed by atoms with Gasteiger partial charge in [0.25, 0.3) is 0 Å². The Morgan fingerprint density at radius 3 is 2.74 bits per heavy atom. The van der Waals surface area contributed by atoms with E-state index in [0.717, 1.165) is 18.3 Å². The highest BCUT2D eigenvalue weighted by Crippen LogP contribution is 2.47. The third kappa shape index (κ3) is 3.57. The maximum absolute atomic E-state index is 14.3. The van der Waals surface area contributed by atoms with Crippen LogP contribution in [0.25, 0.3) is 5.57 Å². The summed E-state index contributed by atoms with van der Waals surface area (Å²) in [6, 6.07) is 3.98. The van der Waals surface area contributed by atoms with Gasteiger partial charge in [0, 0.05) is 35.5 Å². The van der Waals surface area contributed by atoms with Gasteiger partial charge in [-0.1, -0.05) is 6.07 Å². The summed E-state index contributed by atoms with van der Waals surface area (Å²) in [6.45, 7) is -2.45. The molecule has 0 aliphatic carbocycles. The minimum absolute atomic E-state index is 0.103. The number of rotatable bonds is 4. The number of benzene rings is 1. The van der Waals surface area contributed by atoms with E-state index in [1.54, 1.807) is 11.6 Å². The summed E-state index contributed by atoms with van der Waals surface area (Å²) in [5.41, 5.74) is 0.867. The van der Waals surface area contributed by atoms with Gasteiger partial charge in [-0.2, -0.15) is 13.9 Å². The van der Waals surface area contributed by atoms with Crippen LogP contribution in [0.15, 0.2) is 52.7 Å². The minimum atomic E-state index is -2.86. The number of aliphatic imine (C=N–C) groups is 1. The predicted molar refractivity (Wildman–Crippen MR) is 117 cm³/mol. The highest BCUT2D eigenvalue weighted by molar-refractivity contribution is 7.11. The molecule has 6 rings (SSSR count). The Bertz CT molecular complexity index is 1390. The van der Waals surface area contributed by atoms with Gasteiger partial charge in [0.1, 0.15) is 18.2 Å². The highest BCUT2D eigenvalue weighted by atomic mass is 32.1. The van der Waals surface area contributed by atoms with Crippen molar-refractivity contribution in [3.63, 3.8) is 0 Å². The van der Waals surface area contributed by atoms with E-state index in [1.165, 1.54) is 23.5 Å². The van der Waals surface area contributed by atoms with Crippen LogP contribution < -0.4 is 5.32 Å². The molecule has 0 radical (unpaired) electrons. The Balaban J connectivity index is 1.57.